The van der Waals surface area contributed by atoms with Gasteiger partial charge in [-0.2, -0.15) is 10.2 Å². The Labute approximate surface area is 170 Å². The van der Waals surface area contributed by atoms with E-state index in [0.717, 1.165) is 11.4 Å². The molecule has 0 aliphatic rings. The van der Waals surface area contributed by atoms with Crippen molar-refractivity contribution in [2.45, 2.75) is 37.8 Å². The quantitative estimate of drug-likeness (QED) is 0.431. The predicted octanol–water partition coefficient (Wildman–Crippen LogP) is 4.32. The second-order valence-electron chi connectivity index (χ2n) is 6.95. The SMILES string of the molecule is CC(C)CSc1ccc(/N=N/c2ccc(C(=O)N[C@H](CO)[C@@H](C)O)cc2)cc1. The summed E-state index contributed by atoms with van der Waals surface area (Å²) >= 11 is 1.82. The first-order chi connectivity index (χ1) is 13.4. The molecule has 0 bridgehead atoms. The molecule has 28 heavy (non-hydrogen) atoms. The second-order valence-corrected chi connectivity index (χ2v) is 8.04. The molecule has 0 spiro atoms. The fraction of sp³-hybridized carbons (Fsp3) is 0.381. The van der Waals surface area contributed by atoms with Crippen molar-refractivity contribution in [3.05, 3.63) is 54.1 Å². The van der Waals surface area contributed by atoms with E-state index in [-0.39, 0.29) is 12.5 Å². The standard InChI is InChI=1S/C21H27N3O3S/c1-14(2)13-28-19-10-8-18(9-11-19)24-23-17-6-4-16(5-7-17)21(27)22-20(12-25)15(3)26/h4-11,14-15,20,25-26H,12-13H2,1-3H3,(H,22,27)/b24-23+/t15-,20-/m1/s1. The summed E-state index contributed by atoms with van der Waals surface area (Å²) in [5.41, 5.74) is 1.81. The van der Waals surface area contributed by atoms with Crippen LogP contribution in [0.5, 0.6) is 0 Å². The molecule has 0 unspecified atom stereocenters. The normalized spacial score (nSPS) is 13.6. The van der Waals surface area contributed by atoms with E-state index in [0.29, 0.717) is 17.2 Å². The maximum atomic E-state index is 12.1. The molecule has 150 valence electrons. The minimum absolute atomic E-state index is 0.329. The summed E-state index contributed by atoms with van der Waals surface area (Å²) in [6.07, 6.45) is -0.836. The van der Waals surface area contributed by atoms with Gasteiger partial charge in [-0.05, 0) is 61.4 Å². The number of nitrogens with zero attached hydrogens (tertiary/aromatic N) is 2. The Kier molecular flexibility index (Phi) is 8.63. The summed E-state index contributed by atoms with van der Waals surface area (Å²) in [4.78, 5) is 13.4. The zero-order valence-corrected chi connectivity index (χ0v) is 17.2. The molecule has 0 radical (unpaired) electrons. The van der Waals surface area contributed by atoms with Gasteiger partial charge in [0.05, 0.1) is 30.1 Å². The van der Waals surface area contributed by atoms with Gasteiger partial charge in [-0.1, -0.05) is 13.8 Å². The number of aliphatic hydroxyl groups is 2. The van der Waals surface area contributed by atoms with Crippen molar-refractivity contribution in [1.82, 2.24) is 5.32 Å². The molecule has 2 atom stereocenters. The van der Waals surface area contributed by atoms with Crippen LogP contribution in [0.2, 0.25) is 0 Å². The highest BCUT2D eigenvalue weighted by molar-refractivity contribution is 7.99. The predicted molar refractivity (Wildman–Crippen MR) is 113 cm³/mol. The Morgan fingerprint density at radius 2 is 1.54 bits per heavy atom. The van der Waals surface area contributed by atoms with E-state index >= 15 is 0 Å². The first-order valence-electron chi connectivity index (χ1n) is 9.23. The lowest BCUT2D eigenvalue weighted by Crippen LogP contribution is -2.44. The van der Waals surface area contributed by atoms with Gasteiger partial charge >= 0.3 is 0 Å². The van der Waals surface area contributed by atoms with E-state index in [1.54, 1.807) is 24.3 Å². The van der Waals surface area contributed by atoms with Gasteiger partial charge in [0.15, 0.2) is 0 Å². The van der Waals surface area contributed by atoms with Crippen molar-refractivity contribution < 1.29 is 15.0 Å². The zero-order valence-electron chi connectivity index (χ0n) is 16.4. The summed E-state index contributed by atoms with van der Waals surface area (Å²) < 4.78 is 0. The molecule has 1 amide bonds. The number of carbonyl (C=O) groups is 1. The van der Waals surface area contributed by atoms with Crippen molar-refractivity contribution in [1.29, 1.82) is 0 Å². The lowest BCUT2D eigenvalue weighted by molar-refractivity contribution is 0.0758. The van der Waals surface area contributed by atoms with Crippen LogP contribution in [0.1, 0.15) is 31.1 Å². The summed E-state index contributed by atoms with van der Waals surface area (Å²) in [5, 5.41) is 29.7. The fourth-order valence-electron chi connectivity index (χ4n) is 2.24. The third-order valence-corrected chi connectivity index (χ3v) is 5.36. The van der Waals surface area contributed by atoms with Crippen LogP contribution in [0, 0.1) is 5.92 Å². The van der Waals surface area contributed by atoms with Crippen LogP contribution < -0.4 is 5.32 Å². The third-order valence-electron chi connectivity index (χ3n) is 3.93. The van der Waals surface area contributed by atoms with Crippen molar-refractivity contribution >= 4 is 29.0 Å². The Morgan fingerprint density at radius 3 is 2.00 bits per heavy atom. The van der Waals surface area contributed by atoms with Gasteiger partial charge in [0.1, 0.15) is 0 Å². The molecule has 0 saturated heterocycles. The number of thioether (sulfide) groups is 1. The first kappa shape index (κ1) is 22.1. The van der Waals surface area contributed by atoms with E-state index < -0.39 is 12.1 Å². The Balaban J connectivity index is 1.95. The summed E-state index contributed by atoms with van der Waals surface area (Å²) in [6, 6.07) is 13.9. The Bertz CT molecular complexity index is 774. The van der Waals surface area contributed by atoms with Crippen LogP contribution in [-0.2, 0) is 0 Å². The van der Waals surface area contributed by atoms with Crippen LogP contribution in [-0.4, -0.2) is 40.6 Å². The largest absolute Gasteiger partial charge is 0.394 e. The van der Waals surface area contributed by atoms with Crippen LogP contribution in [0.4, 0.5) is 11.4 Å². The molecule has 0 saturated carbocycles. The van der Waals surface area contributed by atoms with Crippen LogP contribution in [0.25, 0.3) is 0 Å². The smallest absolute Gasteiger partial charge is 0.251 e. The van der Waals surface area contributed by atoms with Crippen molar-refractivity contribution in [3.63, 3.8) is 0 Å². The van der Waals surface area contributed by atoms with Gasteiger partial charge in [0.25, 0.3) is 5.91 Å². The molecule has 0 aliphatic carbocycles. The zero-order chi connectivity index (χ0) is 20.5. The van der Waals surface area contributed by atoms with Crippen molar-refractivity contribution in [2.75, 3.05) is 12.4 Å². The number of hydrogen-bond acceptors (Lipinski definition) is 6. The molecule has 0 fully saturated rings. The lowest BCUT2D eigenvalue weighted by atomic mass is 10.1. The average molecular weight is 402 g/mol. The molecule has 2 rings (SSSR count). The van der Waals surface area contributed by atoms with E-state index in [1.807, 2.05) is 36.0 Å². The number of benzene rings is 2. The van der Waals surface area contributed by atoms with Crippen LogP contribution in [0.15, 0.2) is 63.7 Å². The molecular formula is C21H27N3O3S. The molecule has 2 aromatic rings. The summed E-state index contributed by atoms with van der Waals surface area (Å²) in [7, 11) is 0. The maximum Gasteiger partial charge on any atom is 0.251 e. The monoisotopic (exact) mass is 401 g/mol. The van der Waals surface area contributed by atoms with Crippen molar-refractivity contribution in [3.8, 4) is 0 Å². The number of amides is 1. The maximum absolute atomic E-state index is 12.1. The Hall–Kier alpha value is -2.22. The number of carbonyl (C=O) groups excluding carboxylic acids is 1. The van der Waals surface area contributed by atoms with Gasteiger partial charge < -0.3 is 15.5 Å². The molecule has 0 aromatic heterocycles. The number of hydrogen-bond donors (Lipinski definition) is 3. The molecule has 7 heteroatoms. The number of azo groups is 1. The van der Waals surface area contributed by atoms with Gasteiger partial charge in [-0.25, -0.2) is 0 Å². The highest BCUT2D eigenvalue weighted by atomic mass is 32.2. The molecular weight excluding hydrogens is 374 g/mol. The van der Waals surface area contributed by atoms with Crippen molar-refractivity contribution in [2.24, 2.45) is 16.1 Å². The third kappa shape index (κ3) is 7.07. The van der Waals surface area contributed by atoms with E-state index in [2.05, 4.69) is 29.4 Å². The number of nitrogens with one attached hydrogen (secondary N) is 1. The molecule has 3 N–H and O–H groups in total. The van der Waals surface area contributed by atoms with E-state index in [1.165, 1.54) is 11.8 Å². The van der Waals surface area contributed by atoms with Gasteiger partial charge in [0, 0.05) is 16.2 Å². The highest BCUT2D eigenvalue weighted by Crippen LogP contribution is 2.25. The van der Waals surface area contributed by atoms with Gasteiger partial charge in [-0.15, -0.1) is 11.8 Å². The minimum atomic E-state index is -0.836. The van der Waals surface area contributed by atoms with Crippen LogP contribution in [0.3, 0.4) is 0 Å². The van der Waals surface area contributed by atoms with Gasteiger partial charge in [-0.3, -0.25) is 4.79 Å². The van der Waals surface area contributed by atoms with E-state index in [4.69, 9.17) is 0 Å². The lowest BCUT2D eigenvalue weighted by Gasteiger charge is -2.18. The van der Waals surface area contributed by atoms with Gasteiger partial charge in [0.2, 0.25) is 0 Å². The fourth-order valence-corrected chi connectivity index (χ4v) is 3.09. The molecule has 0 heterocycles. The van der Waals surface area contributed by atoms with Crippen LogP contribution >= 0.6 is 11.8 Å². The number of rotatable bonds is 9. The molecule has 2 aromatic carbocycles. The minimum Gasteiger partial charge on any atom is -0.394 e. The summed E-state index contributed by atoms with van der Waals surface area (Å²) in [5.74, 6) is 1.37. The first-order valence-corrected chi connectivity index (χ1v) is 10.2. The molecule has 6 nitrogen and oxygen atoms in total. The topological polar surface area (TPSA) is 94.3 Å². The highest BCUT2D eigenvalue weighted by Gasteiger charge is 2.17. The van der Waals surface area contributed by atoms with E-state index in [9.17, 15) is 15.0 Å². The second kappa shape index (κ2) is 10.9. The number of aliphatic hydroxyl groups excluding tert-OH is 2. The summed E-state index contributed by atoms with van der Waals surface area (Å²) in [6.45, 7) is 5.58. The average Bonchev–Trinajstić information content (AvgIpc) is 2.69. The Morgan fingerprint density at radius 1 is 1.00 bits per heavy atom. The molecule has 0 aliphatic heterocycles.